The molecule has 0 saturated heterocycles. The first-order valence-electron chi connectivity index (χ1n) is 8.63. The smallest absolute Gasteiger partial charge is 0.356 e. The number of fused-ring (bicyclic) bond motifs is 1. The highest BCUT2D eigenvalue weighted by Gasteiger charge is 2.35. The van der Waals surface area contributed by atoms with Gasteiger partial charge >= 0.3 is 5.97 Å². The van der Waals surface area contributed by atoms with E-state index in [1.54, 1.807) is 17.8 Å². The molecule has 0 bridgehead atoms. The fourth-order valence-electron chi connectivity index (χ4n) is 3.07. The molecule has 26 heavy (non-hydrogen) atoms. The third kappa shape index (κ3) is 3.75. The highest BCUT2D eigenvalue weighted by molar-refractivity contribution is 8.02. The number of hydrogen-bond donors (Lipinski definition) is 0. The second-order valence-corrected chi connectivity index (χ2v) is 7.25. The molecule has 0 radical (unpaired) electrons. The molecule has 1 aromatic rings. The van der Waals surface area contributed by atoms with Gasteiger partial charge in [-0.3, -0.25) is 5.01 Å². The molecule has 0 amide bonds. The predicted octanol–water partition coefficient (Wildman–Crippen LogP) is 3.65. The Balaban J connectivity index is 1.93. The molecule has 3 rings (SSSR count). The molecular formula is C18H23ClN2O4S. The largest absolute Gasteiger partial charge is 0.461 e. The van der Waals surface area contributed by atoms with E-state index in [1.165, 1.54) is 0 Å². The van der Waals surface area contributed by atoms with Crippen LogP contribution in [-0.2, 0) is 16.1 Å². The topological polar surface area (TPSA) is 51.2 Å². The van der Waals surface area contributed by atoms with Gasteiger partial charge in [0.05, 0.1) is 19.7 Å². The number of hydrogen-bond acceptors (Lipinski definition) is 7. The van der Waals surface area contributed by atoms with Gasteiger partial charge in [-0.25, -0.2) is 9.80 Å². The zero-order valence-corrected chi connectivity index (χ0v) is 16.8. The van der Waals surface area contributed by atoms with Crippen molar-refractivity contribution in [2.24, 2.45) is 0 Å². The molecule has 6 nitrogen and oxygen atoms in total. The Morgan fingerprint density at radius 3 is 2.69 bits per heavy atom. The van der Waals surface area contributed by atoms with Crippen molar-refractivity contribution in [3.63, 3.8) is 0 Å². The third-order valence-corrected chi connectivity index (χ3v) is 5.42. The number of carbonyl (C=O) groups is 1. The molecule has 0 saturated carbocycles. The minimum absolute atomic E-state index is 0.200. The maximum absolute atomic E-state index is 12.6. The van der Waals surface area contributed by atoms with Crippen molar-refractivity contribution in [3.05, 3.63) is 33.3 Å². The molecule has 2 aliphatic heterocycles. The van der Waals surface area contributed by atoms with Gasteiger partial charge in [0, 0.05) is 22.5 Å². The van der Waals surface area contributed by atoms with Crippen molar-refractivity contribution in [2.75, 3.05) is 32.7 Å². The molecule has 1 aromatic carbocycles. The van der Waals surface area contributed by atoms with Crippen LogP contribution in [0.25, 0.3) is 0 Å². The molecule has 0 aromatic heterocycles. The van der Waals surface area contributed by atoms with Gasteiger partial charge in [-0.1, -0.05) is 18.5 Å². The number of esters is 1. The summed E-state index contributed by atoms with van der Waals surface area (Å²) in [4.78, 5) is 13.6. The van der Waals surface area contributed by atoms with Crippen LogP contribution in [0.15, 0.2) is 22.7 Å². The Morgan fingerprint density at radius 2 is 2.04 bits per heavy atom. The van der Waals surface area contributed by atoms with Crippen LogP contribution in [-0.4, -0.2) is 48.7 Å². The predicted molar refractivity (Wildman–Crippen MR) is 102 cm³/mol. The molecule has 0 atom stereocenters. The first-order chi connectivity index (χ1) is 12.6. The van der Waals surface area contributed by atoms with Gasteiger partial charge in [-0.05, 0) is 31.2 Å². The number of benzene rings is 1. The summed E-state index contributed by atoms with van der Waals surface area (Å²) in [5, 5.41) is 4.74. The number of nitrogens with zero attached hydrogens (tertiary/aromatic N) is 2. The first-order valence-corrected chi connectivity index (χ1v) is 10.2. The number of carbonyl (C=O) groups excluding carboxylic acids is 1. The molecule has 0 aliphatic carbocycles. The van der Waals surface area contributed by atoms with E-state index in [0.29, 0.717) is 41.9 Å². The van der Waals surface area contributed by atoms with E-state index in [1.807, 2.05) is 24.3 Å². The zero-order chi connectivity index (χ0) is 18.7. The normalized spacial score (nSPS) is 16.5. The first kappa shape index (κ1) is 19.2. The molecule has 8 heteroatoms. The standard InChI is InChI=1S/C18H23ClN2O4S/c1-4-6-20-10-16(26-3)17(18(22)23-5-2)21(20)9-12-7-14-15(8-13(12)19)25-11-24-14/h7-8H,4-6,9-11H2,1-3H3. The molecule has 0 spiro atoms. The van der Waals surface area contributed by atoms with Crippen molar-refractivity contribution < 1.29 is 19.0 Å². The summed E-state index contributed by atoms with van der Waals surface area (Å²) in [6.45, 7) is 6.48. The van der Waals surface area contributed by atoms with E-state index in [9.17, 15) is 4.79 Å². The Labute approximate surface area is 163 Å². The van der Waals surface area contributed by atoms with Gasteiger partial charge in [0.25, 0.3) is 0 Å². The molecule has 2 heterocycles. The van der Waals surface area contributed by atoms with E-state index in [-0.39, 0.29) is 12.8 Å². The lowest BCUT2D eigenvalue weighted by Crippen LogP contribution is -2.39. The number of rotatable bonds is 7. The van der Waals surface area contributed by atoms with Crippen LogP contribution in [0, 0.1) is 0 Å². The van der Waals surface area contributed by atoms with Crippen molar-refractivity contribution in [1.29, 1.82) is 0 Å². The SMILES string of the molecule is CCCN1CC(SC)=C(C(=O)OCC)N1Cc1cc2c(cc1Cl)OCO2. The van der Waals surface area contributed by atoms with Gasteiger partial charge in [0.1, 0.15) is 5.70 Å². The fourth-order valence-corrected chi connectivity index (χ4v) is 3.94. The summed E-state index contributed by atoms with van der Waals surface area (Å²) in [5.74, 6) is 1.03. The third-order valence-electron chi connectivity index (χ3n) is 4.25. The van der Waals surface area contributed by atoms with Crippen LogP contribution in [0.4, 0.5) is 0 Å². The second kappa shape index (κ2) is 8.41. The second-order valence-electron chi connectivity index (χ2n) is 5.94. The van der Waals surface area contributed by atoms with E-state index >= 15 is 0 Å². The lowest BCUT2D eigenvalue weighted by Gasteiger charge is -2.31. The van der Waals surface area contributed by atoms with Crippen LogP contribution in [0.1, 0.15) is 25.8 Å². The summed E-state index contributed by atoms with van der Waals surface area (Å²) >= 11 is 8.03. The zero-order valence-electron chi connectivity index (χ0n) is 15.2. The lowest BCUT2D eigenvalue weighted by molar-refractivity contribution is -0.142. The average Bonchev–Trinajstić information content (AvgIpc) is 3.20. The minimum Gasteiger partial charge on any atom is -0.461 e. The molecular weight excluding hydrogens is 376 g/mol. The number of ether oxygens (including phenoxy) is 3. The molecule has 0 unspecified atom stereocenters. The maximum Gasteiger partial charge on any atom is 0.356 e. The molecule has 0 N–H and O–H groups in total. The molecule has 142 valence electrons. The maximum atomic E-state index is 12.6. The van der Waals surface area contributed by atoms with E-state index < -0.39 is 0 Å². The summed E-state index contributed by atoms with van der Waals surface area (Å²) < 4.78 is 16.1. The van der Waals surface area contributed by atoms with Gasteiger partial charge in [0.2, 0.25) is 6.79 Å². The van der Waals surface area contributed by atoms with Crippen LogP contribution in [0.3, 0.4) is 0 Å². The summed E-state index contributed by atoms with van der Waals surface area (Å²) in [6, 6.07) is 3.65. The highest BCUT2D eigenvalue weighted by atomic mass is 35.5. The lowest BCUT2D eigenvalue weighted by atomic mass is 10.2. The number of hydrazine groups is 1. The summed E-state index contributed by atoms with van der Waals surface area (Å²) in [6.07, 6.45) is 2.96. The summed E-state index contributed by atoms with van der Waals surface area (Å²) in [7, 11) is 0. The van der Waals surface area contributed by atoms with Crippen molar-refractivity contribution in [2.45, 2.75) is 26.8 Å². The van der Waals surface area contributed by atoms with E-state index in [4.69, 9.17) is 25.8 Å². The Morgan fingerprint density at radius 1 is 1.31 bits per heavy atom. The van der Waals surface area contributed by atoms with Crippen molar-refractivity contribution in [3.8, 4) is 11.5 Å². The summed E-state index contributed by atoms with van der Waals surface area (Å²) in [5.41, 5.74) is 1.47. The van der Waals surface area contributed by atoms with Crippen molar-refractivity contribution >= 4 is 29.3 Å². The van der Waals surface area contributed by atoms with E-state index in [2.05, 4.69) is 11.9 Å². The van der Waals surface area contributed by atoms with Gasteiger partial charge in [-0.15, -0.1) is 11.8 Å². The van der Waals surface area contributed by atoms with Crippen LogP contribution in [0.5, 0.6) is 11.5 Å². The van der Waals surface area contributed by atoms with Gasteiger partial charge in [0.15, 0.2) is 11.5 Å². The van der Waals surface area contributed by atoms with Crippen LogP contribution >= 0.6 is 23.4 Å². The Kier molecular flexibility index (Phi) is 6.21. The molecule has 2 aliphatic rings. The Hall–Kier alpha value is -1.57. The molecule has 0 fully saturated rings. The average molecular weight is 399 g/mol. The Bertz CT molecular complexity index is 725. The van der Waals surface area contributed by atoms with Crippen LogP contribution in [0.2, 0.25) is 5.02 Å². The fraction of sp³-hybridized carbons (Fsp3) is 0.500. The van der Waals surface area contributed by atoms with Gasteiger partial charge in [-0.2, -0.15) is 0 Å². The van der Waals surface area contributed by atoms with Crippen molar-refractivity contribution in [1.82, 2.24) is 10.0 Å². The number of thioether (sulfide) groups is 1. The minimum atomic E-state index is -0.299. The highest BCUT2D eigenvalue weighted by Crippen LogP contribution is 2.39. The van der Waals surface area contributed by atoms with Crippen LogP contribution < -0.4 is 9.47 Å². The quantitative estimate of drug-likeness (QED) is 0.650. The number of halogens is 1. The van der Waals surface area contributed by atoms with E-state index in [0.717, 1.165) is 23.4 Å². The monoisotopic (exact) mass is 398 g/mol. The van der Waals surface area contributed by atoms with Gasteiger partial charge < -0.3 is 14.2 Å².